The third-order valence-electron chi connectivity index (χ3n) is 18.4. The number of halogens is 6. The van der Waals surface area contributed by atoms with E-state index in [0.29, 0.717) is 104 Å². The fourth-order valence-corrected chi connectivity index (χ4v) is 12.5. The molecule has 26 nitrogen and oxygen atoms in total. The third kappa shape index (κ3) is 22.2. The minimum atomic E-state index is -4.63. The molecule has 0 atom stereocenters. The van der Waals surface area contributed by atoms with E-state index < -0.39 is 11.7 Å². The lowest BCUT2D eigenvalue weighted by atomic mass is 9.90. The summed E-state index contributed by atoms with van der Waals surface area (Å²) in [5.41, 5.74) is 18.1. The molecule has 0 radical (unpaired) electrons. The topological polar surface area (TPSA) is 336 Å². The molecular weight excluding hydrogens is 1610 g/mol. The summed E-state index contributed by atoms with van der Waals surface area (Å²) >= 11 is 10.2. The Hall–Kier alpha value is -8.74. The summed E-state index contributed by atoms with van der Waals surface area (Å²) in [7, 11) is 0. The van der Waals surface area contributed by atoms with E-state index in [0.717, 1.165) is 136 Å². The quantitative estimate of drug-likeness (QED) is 0.0316. The molecule has 6 aliphatic heterocycles. The molecule has 0 saturated carbocycles. The van der Waals surface area contributed by atoms with E-state index in [2.05, 4.69) is 175 Å². The van der Waals surface area contributed by atoms with Crippen molar-refractivity contribution in [1.29, 1.82) is 0 Å². The van der Waals surface area contributed by atoms with Crippen molar-refractivity contribution in [2.45, 2.75) is 150 Å². The first-order chi connectivity index (χ1) is 50.8. The molecule has 106 heavy (non-hydrogen) atoms. The highest BCUT2D eigenvalue weighted by Crippen LogP contribution is 2.39. The van der Waals surface area contributed by atoms with Crippen molar-refractivity contribution in [3.8, 4) is 0 Å². The predicted molar refractivity (Wildman–Crippen MR) is 431 cm³/mol. The van der Waals surface area contributed by atoms with E-state index >= 15 is 0 Å². The Morgan fingerprint density at radius 1 is 0.538 bits per heavy atom. The Morgan fingerprint density at radius 2 is 0.934 bits per heavy atom. The Balaban J connectivity index is 0.000000167. The van der Waals surface area contributed by atoms with Gasteiger partial charge in [0.15, 0.2) is 0 Å². The maximum Gasteiger partial charge on any atom is 0.421 e. The van der Waals surface area contributed by atoms with Crippen LogP contribution in [0.5, 0.6) is 0 Å². The van der Waals surface area contributed by atoms with Crippen LogP contribution in [0.2, 0.25) is 5.15 Å². The molecule has 32 heteroatoms. The van der Waals surface area contributed by atoms with Crippen LogP contribution in [-0.2, 0) is 57.5 Å². The summed E-state index contributed by atoms with van der Waals surface area (Å²) in [5, 5.41) is 34.7. The molecule has 1 aliphatic carbocycles. The van der Waals surface area contributed by atoms with Gasteiger partial charge in [-0.05, 0) is 175 Å². The molecule has 3 amide bonds. The summed E-state index contributed by atoms with van der Waals surface area (Å²) in [6.07, 6.45) is 6.48. The summed E-state index contributed by atoms with van der Waals surface area (Å²) in [6.45, 7) is 22.5. The van der Waals surface area contributed by atoms with Gasteiger partial charge in [-0.3, -0.25) is 24.1 Å². The summed E-state index contributed by atoms with van der Waals surface area (Å²) in [4.78, 5) is 84.7. The minimum Gasteiger partial charge on any atom is -0.364 e. The van der Waals surface area contributed by atoms with Gasteiger partial charge in [-0.1, -0.05) is 24.6 Å². The van der Waals surface area contributed by atoms with Crippen LogP contribution in [-0.4, -0.2) is 144 Å². The SMILES string of the molecule is CCN(C(C)C)C(C)C.Cc1cnc(Nc2ccc3c(c2)CCC(=O)N3)nc1Cl.Cc1cnc(Nc2ccc3c(c2)CCC(=O)N3)nc1NC1CN(c2nc(Nc3ccc4c(c3)CCC(=O)C4)ncc2C(F)(F)F)C1.Cc1cnc(Nc2ccc3c(c2)CCC(=O)N3)nc1NC1CNC1.II.NC1CNC1. The van der Waals surface area contributed by atoms with E-state index in [1.165, 1.54) is 0 Å². The van der Waals surface area contributed by atoms with Gasteiger partial charge in [-0.15, -0.1) is 0 Å². The van der Waals surface area contributed by atoms with Crippen molar-refractivity contribution in [3.63, 3.8) is 0 Å². The van der Waals surface area contributed by atoms with E-state index in [1.807, 2.05) is 93.7 Å². The van der Waals surface area contributed by atoms with Crippen LogP contribution in [0.4, 0.5) is 94.2 Å². The summed E-state index contributed by atoms with van der Waals surface area (Å²) in [6, 6.07) is 24.9. The Bertz CT molecular complexity index is 4420. The Kier molecular flexibility index (Phi) is 28.0. The van der Waals surface area contributed by atoms with Gasteiger partial charge in [0.05, 0.1) is 12.1 Å². The molecule has 8 aromatic rings. The number of carbonyl (C=O) groups is 4. The van der Waals surface area contributed by atoms with E-state index in [1.54, 1.807) is 23.4 Å². The highest BCUT2D eigenvalue weighted by molar-refractivity contribution is 15.0. The lowest BCUT2D eigenvalue weighted by Gasteiger charge is -2.41. The highest BCUT2D eigenvalue weighted by atomic mass is 128. The van der Waals surface area contributed by atoms with Crippen molar-refractivity contribution >= 4 is 153 Å². The molecule has 13 N–H and O–H groups in total. The maximum absolute atomic E-state index is 14.0. The number of fused-ring (bicyclic) bond motifs is 4. The molecule has 10 heterocycles. The van der Waals surface area contributed by atoms with Crippen molar-refractivity contribution in [2.75, 3.05) is 98.6 Å². The van der Waals surface area contributed by atoms with Crippen molar-refractivity contribution in [3.05, 3.63) is 153 Å². The average molecular weight is 1700 g/mol. The van der Waals surface area contributed by atoms with Crippen molar-refractivity contribution in [1.82, 2.24) is 55.4 Å². The number of alkyl halides is 3. The predicted octanol–water partition coefficient (Wildman–Crippen LogP) is 13.0. The molecule has 15 rings (SSSR count). The number of nitrogens with one attached hydrogen (secondary N) is 11. The van der Waals surface area contributed by atoms with Gasteiger partial charge in [0, 0.05) is 208 Å². The lowest BCUT2D eigenvalue weighted by molar-refractivity contribution is -0.137. The minimum absolute atomic E-state index is 0.00242. The van der Waals surface area contributed by atoms with Gasteiger partial charge < -0.3 is 69.1 Å². The monoisotopic (exact) mass is 1700 g/mol. The van der Waals surface area contributed by atoms with Crippen LogP contribution in [0.15, 0.2) is 97.6 Å². The highest BCUT2D eigenvalue weighted by Gasteiger charge is 2.40. The van der Waals surface area contributed by atoms with E-state index in [4.69, 9.17) is 17.3 Å². The first-order valence-electron chi connectivity index (χ1n) is 35.3. The molecule has 4 aromatic heterocycles. The number of carbonyl (C=O) groups excluding carboxylic acids is 4. The molecule has 0 bridgehead atoms. The van der Waals surface area contributed by atoms with E-state index in [-0.39, 0.29) is 54.4 Å². The molecule has 7 aliphatic rings. The zero-order valence-corrected chi connectivity index (χ0v) is 65.5. The molecule has 0 unspecified atom stereocenters. The van der Waals surface area contributed by atoms with Crippen molar-refractivity contribution < 1.29 is 32.3 Å². The van der Waals surface area contributed by atoms with Crippen molar-refractivity contribution in [2.24, 2.45) is 5.73 Å². The number of aromatic nitrogens is 8. The summed E-state index contributed by atoms with van der Waals surface area (Å²) < 4.78 is 41.9. The fraction of sp³-hybridized carbons (Fsp3) is 0.405. The number of benzene rings is 4. The smallest absolute Gasteiger partial charge is 0.364 e. The third-order valence-corrected chi connectivity index (χ3v) is 18.8. The van der Waals surface area contributed by atoms with Crippen LogP contribution < -0.4 is 69.1 Å². The number of nitrogens with two attached hydrogens (primary N) is 1. The number of Topliss-reactive ketones (excluding diaryl/α,β-unsaturated/α-hetero) is 1. The molecule has 562 valence electrons. The number of hydrogen-bond donors (Lipinski definition) is 12. The van der Waals surface area contributed by atoms with Gasteiger partial charge in [0.25, 0.3) is 0 Å². The van der Waals surface area contributed by atoms with Crippen LogP contribution in [0.25, 0.3) is 0 Å². The fourth-order valence-electron chi connectivity index (χ4n) is 12.4. The van der Waals surface area contributed by atoms with Crippen LogP contribution in [0.1, 0.15) is 110 Å². The maximum atomic E-state index is 14.0. The molecule has 3 fully saturated rings. The number of ketones is 1. The average Bonchev–Trinajstić information content (AvgIpc) is 0.774. The van der Waals surface area contributed by atoms with Crippen LogP contribution in [0, 0.1) is 20.8 Å². The van der Waals surface area contributed by atoms with Crippen LogP contribution >= 0.6 is 48.8 Å². The van der Waals surface area contributed by atoms with E-state index in [9.17, 15) is 32.3 Å². The standard InChI is InChI=1S/C32H30F3N9O2.C17H20N6O.C14H13ClN4O.C8H19N.C3H8N2.I2/c1-17-13-36-30(39-22-6-8-26-20(11-22)4-9-27(46)41-26)42-28(17)38-23-15-44(16-23)29-25(32(33,34)35)14-37-31(43-29)40-21-5-2-19-12-24(45)7-3-18(19)10-21;1-10-7-19-17(23-16(10)20-13-8-18-9-13)21-12-3-4-14-11(6-12)2-5-15(24)22-14;1-8-7-16-14(19-13(8)15)17-10-3-4-11-9(6-10)2-5-12(20)18-11;1-6-9(7(2)3)8(4)5;4-3-1-5-2-3;1-2/h2,5-6,8,10-11,13-14,23H,3-4,7,9,12,15-16H2,1H3,(H,41,46)(H,37,40,43)(H2,36,38,39,42);3-4,6-7,13,18H,2,5,8-9H2,1H3,(H,22,24)(H2,19,20,21,23);3-4,6-7H,2,5H2,1H3,(H,18,20)(H,16,17,19);7-8H,6H2,1-5H3;3,5H,1-2,4H2;. The normalized spacial score (nSPS) is 15.7. The number of amides is 3. The Labute approximate surface area is 643 Å². The summed E-state index contributed by atoms with van der Waals surface area (Å²) in [5.74, 6) is 3.01. The van der Waals surface area contributed by atoms with Gasteiger partial charge in [-0.2, -0.15) is 28.1 Å². The molecule has 0 spiro atoms. The molecular formula is C74H90ClF3I2N22O4. The zero-order valence-electron chi connectivity index (χ0n) is 60.4. The van der Waals surface area contributed by atoms with Gasteiger partial charge >= 0.3 is 6.18 Å². The second kappa shape index (κ2) is 37.2. The molecule has 3 saturated heterocycles. The van der Waals surface area contributed by atoms with Crippen LogP contribution in [0.3, 0.4) is 0 Å². The number of hydrogen-bond acceptors (Lipinski definition) is 23. The van der Waals surface area contributed by atoms with Gasteiger partial charge in [-0.25, -0.2) is 24.9 Å². The van der Waals surface area contributed by atoms with Gasteiger partial charge in [0.2, 0.25) is 41.5 Å². The second-order valence-corrected chi connectivity index (χ2v) is 27.5. The number of aryl methyl sites for hydroxylation is 7. The lowest BCUT2D eigenvalue weighted by Crippen LogP contribution is -2.56. The molecule has 4 aromatic carbocycles. The Morgan fingerprint density at radius 3 is 1.33 bits per heavy atom. The number of nitrogens with zero attached hydrogens (tertiary/aromatic N) is 10. The first-order valence-corrected chi connectivity index (χ1v) is 42.0. The zero-order chi connectivity index (χ0) is 75.8. The largest absolute Gasteiger partial charge is 0.421 e. The van der Waals surface area contributed by atoms with Gasteiger partial charge in [0.1, 0.15) is 34.0 Å². The first kappa shape index (κ1) is 79.8. The number of rotatable bonds is 16. The number of anilines is 14. The second-order valence-electron chi connectivity index (χ2n) is 27.2.